The Bertz CT molecular complexity index is 1170. The number of carbonyl (C=O) groups is 2. The third-order valence-corrected chi connectivity index (χ3v) is 5.50. The van der Waals surface area contributed by atoms with Crippen LogP contribution in [0.15, 0.2) is 42.7 Å². The van der Waals surface area contributed by atoms with Crippen molar-refractivity contribution < 1.29 is 28.2 Å². The monoisotopic (exact) mass is 454 g/mol. The number of hydrogen-bond acceptors (Lipinski definition) is 6. The van der Waals surface area contributed by atoms with Crippen molar-refractivity contribution in [1.29, 1.82) is 0 Å². The van der Waals surface area contributed by atoms with Gasteiger partial charge in [0.05, 0.1) is 44.6 Å². The summed E-state index contributed by atoms with van der Waals surface area (Å²) in [6.45, 7) is 0.375. The van der Waals surface area contributed by atoms with Crippen LogP contribution in [0.25, 0.3) is 0 Å². The predicted octanol–water partition coefficient (Wildman–Crippen LogP) is 3.53. The van der Waals surface area contributed by atoms with E-state index in [4.69, 9.17) is 14.2 Å². The van der Waals surface area contributed by atoms with Crippen molar-refractivity contribution in [2.24, 2.45) is 0 Å². The molecule has 33 heavy (non-hydrogen) atoms. The molecule has 1 unspecified atom stereocenters. The number of amides is 2. The van der Waals surface area contributed by atoms with Crippen molar-refractivity contribution in [2.45, 2.75) is 12.5 Å². The Labute approximate surface area is 189 Å². The van der Waals surface area contributed by atoms with Crippen LogP contribution in [0.4, 0.5) is 14.9 Å². The Morgan fingerprint density at radius 2 is 1.85 bits per heavy atom. The SMILES string of the molecule is COC(=O)c1cc(F)ccc1NC(=O)N1CCc2[nH]cnc2C1c1cc(OC)cc(OC)c1. The first-order valence-electron chi connectivity index (χ1n) is 10.2. The van der Waals surface area contributed by atoms with Crippen LogP contribution >= 0.6 is 0 Å². The topological polar surface area (TPSA) is 106 Å². The highest BCUT2D eigenvalue weighted by Gasteiger charge is 2.35. The Balaban J connectivity index is 1.73. The fourth-order valence-electron chi connectivity index (χ4n) is 3.91. The van der Waals surface area contributed by atoms with Crippen LogP contribution in [-0.4, -0.2) is 54.7 Å². The van der Waals surface area contributed by atoms with Crippen LogP contribution in [0, 0.1) is 5.82 Å². The van der Waals surface area contributed by atoms with Crippen LogP contribution in [0.1, 0.15) is 33.4 Å². The molecule has 1 aliphatic heterocycles. The summed E-state index contributed by atoms with van der Waals surface area (Å²) in [6.07, 6.45) is 2.15. The molecule has 0 saturated carbocycles. The van der Waals surface area contributed by atoms with Gasteiger partial charge in [-0.25, -0.2) is 19.0 Å². The number of H-pyrrole nitrogens is 1. The smallest absolute Gasteiger partial charge is 0.340 e. The second kappa shape index (κ2) is 9.19. The van der Waals surface area contributed by atoms with Gasteiger partial charge in [-0.3, -0.25) is 0 Å². The number of carbonyl (C=O) groups excluding carboxylic acids is 2. The Kier molecular flexibility index (Phi) is 6.16. The highest BCUT2D eigenvalue weighted by molar-refractivity contribution is 6.01. The average molecular weight is 454 g/mol. The van der Waals surface area contributed by atoms with E-state index in [0.29, 0.717) is 30.2 Å². The van der Waals surface area contributed by atoms with Gasteiger partial charge in [0.2, 0.25) is 0 Å². The van der Waals surface area contributed by atoms with Gasteiger partial charge in [-0.15, -0.1) is 0 Å². The Morgan fingerprint density at radius 1 is 1.12 bits per heavy atom. The van der Waals surface area contributed by atoms with Crippen molar-refractivity contribution in [2.75, 3.05) is 33.2 Å². The number of anilines is 1. The second-order valence-corrected chi connectivity index (χ2v) is 7.37. The molecule has 0 radical (unpaired) electrons. The number of nitrogens with one attached hydrogen (secondary N) is 2. The van der Waals surface area contributed by atoms with Crippen molar-refractivity contribution in [1.82, 2.24) is 14.9 Å². The quantitative estimate of drug-likeness (QED) is 0.572. The van der Waals surface area contributed by atoms with Crippen molar-refractivity contribution >= 4 is 17.7 Å². The third-order valence-electron chi connectivity index (χ3n) is 5.50. The lowest BCUT2D eigenvalue weighted by Gasteiger charge is -2.35. The summed E-state index contributed by atoms with van der Waals surface area (Å²) < 4.78 is 29.3. The van der Waals surface area contributed by atoms with E-state index in [1.54, 1.807) is 31.5 Å². The van der Waals surface area contributed by atoms with E-state index in [1.165, 1.54) is 13.2 Å². The number of fused-ring (bicyclic) bond motifs is 1. The molecule has 10 heteroatoms. The van der Waals surface area contributed by atoms with Crippen LogP contribution in [0.5, 0.6) is 11.5 Å². The summed E-state index contributed by atoms with van der Waals surface area (Å²) in [5.74, 6) is -0.237. The minimum atomic E-state index is -0.757. The molecule has 0 spiro atoms. The first-order chi connectivity index (χ1) is 15.9. The second-order valence-electron chi connectivity index (χ2n) is 7.37. The molecule has 0 aliphatic carbocycles. The Morgan fingerprint density at radius 3 is 2.52 bits per heavy atom. The van der Waals surface area contributed by atoms with Gasteiger partial charge in [-0.05, 0) is 35.9 Å². The van der Waals surface area contributed by atoms with Gasteiger partial charge in [0.15, 0.2) is 0 Å². The number of hydrogen-bond donors (Lipinski definition) is 2. The largest absolute Gasteiger partial charge is 0.497 e. The molecule has 4 rings (SSSR count). The normalized spacial score (nSPS) is 14.9. The zero-order valence-corrected chi connectivity index (χ0v) is 18.3. The summed E-state index contributed by atoms with van der Waals surface area (Å²) >= 11 is 0. The fraction of sp³-hybridized carbons (Fsp3) is 0.261. The van der Waals surface area contributed by atoms with Crippen LogP contribution in [-0.2, 0) is 11.2 Å². The van der Waals surface area contributed by atoms with E-state index in [1.807, 2.05) is 12.1 Å². The zero-order chi connectivity index (χ0) is 23.5. The molecular formula is C23H23FN4O5. The number of urea groups is 1. The maximum atomic E-state index is 13.7. The number of ether oxygens (including phenoxy) is 3. The van der Waals surface area contributed by atoms with E-state index in [2.05, 4.69) is 15.3 Å². The first-order valence-corrected chi connectivity index (χ1v) is 10.2. The number of imidazole rings is 1. The molecule has 2 N–H and O–H groups in total. The molecule has 2 amide bonds. The molecule has 2 heterocycles. The van der Waals surface area contributed by atoms with Gasteiger partial charge < -0.3 is 29.4 Å². The lowest BCUT2D eigenvalue weighted by Crippen LogP contribution is -2.43. The summed E-state index contributed by atoms with van der Waals surface area (Å²) in [6, 6.07) is 7.85. The molecule has 2 aromatic carbocycles. The number of esters is 1. The minimum Gasteiger partial charge on any atom is -0.497 e. The van der Waals surface area contributed by atoms with E-state index < -0.39 is 23.9 Å². The first kappa shape index (κ1) is 22.1. The molecule has 3 aromatic rings. The molecule has 1 atom stereocenters. The van der Waals surface area contributed by atoms with Gasteiger partial charge in [-0.1, -0.05) is 0 Å². The number of halogens is 1. The minimum absolute atomic E-state index is 0.0806. The highest BCUT2D eigenvalue weighted by Crippen LogP contribution is 2.37. The molecule has 0 bridgehead atoms. The van der Waals surface area contributed by atoms with Gasteiger partial charge in [0.1, 0.15) is 23.4 Å². The number of benzene rings is 2. The standard InChI is InChI=1S/C23H23FN4O5/c1-31-15-8-13(9-16(11-15)32-2)21-20-19(25-12-26-20)6-7-28(21)23(30)27-18-5-4-14(24)10-17(18)22(29)33-3/h4-5,8-12,21H,6-7H2,1-3H3,(H,25,26)(H,27,30). The lowest BCUT2D eigenvalue weighted by molar-refractivity contribution is 0.0601. The number of aromatic amines is 1. The van der Waals surface area contributed by atoms with Crippen molar-refractivity contribution in [3.8, 4) is 11.5 Å². The van der Waals surface area contributed by atoms with Crippen LogP contribution in [0.2, 0.25) is 0 Å². The fourth-order valence-corrected chi connectivity index (χ4v) is 3.91. The summed E-state index contributed by atoms with van der Waals surface area (Å²) in [7, 11) is 4.29. The van der Waals surface area contributed by atoms with Gasteiger partial charge in [-0.2, -0.15) is 0 Å². The third kappa shape index (κ3) is 4.32. The lowest BCUT2D eigenvalue weighted by atomic mass is 9.95. The molecule has 172 valence electrons. The average Bonchev–Trinajstić information content (AvgIpc) is 3.32. The predicted molar refractivity (Wildman–Crippen MR) is 117 cm³/mol. The van der Waals surface area contributed by atoms with Gasteiger partial charge in [0, 0.05) is 24.7 Å². The van der Waals surface area contributed by atoms with Crippen LogP contribution < -0.4 is 14.8 Å². The molecule has 1 aromatic heterocycles. The van der Waals surface area contributed by atoms with Crippen molar-refractivity contribution in [3.05, 3.63) is 71.1 Å². The summed E-state index contributed by atoms with van der Waals surface area (Å²) in [5.41, 5.74) is 2.41. The number of rotatable bonds is 5. The van der Waals surface area contributed by atoms with E-state index >= 15 is 0 Å². The molecule has 1 aliphatic rings. The van der Waals surface area contributed by atoms with Crippen molar-refractivity contribution in [3.63, 3.8) is 0 Å². The molecule has 0 saturated heterocycles. The number of nitrogens with zero attached hydrogens (tertiary/aromatic N) is 2. The van der Waals surface area contributed by atoms with Crippen LogP contribution in [0.3, 0.4) is 0 Å². The van der Waals surface area contributed by atoms with Gasteiger partial charge in [0.25, 0.3) is 0 Å². The van der Waals surface area contributed by atoms with E-state index in [0.717, 1.165) is 23.4 Å². The molecule has 9 nitrogen and oxygen atoms in total. The number of aromatic nitrogens is 2. The van der Waals surface area contributed by atoms with E-state index in [-0.39, 0.29) is 11.3 Å². The van der Waals surface area contributed by atoms with E-state index in [9.17, 15) is 14.0 Å². The zero-order valence-electron chi connectivity index (χ0n) is 18.3. The van der Waals surface area contributed by atoms with Gasteiger partial charge >= 0.3 is 12.0 Å². The Hall–Kier alpha value is -4.08. The molecular weight excluding hydrogens is 431 g/mol. The highest BCUT2D eigenvalue weighted by atomic mass is 19.1. The maximum absolute atomic E-state index is 13.7. The number of methoxy groups -OCH3 is 3. The summed E-state index contributed by atoms with van der Waals surface area (Å²) in [4.78, 5) is 34.7. The molecule has 0 fully saturated rings. The maximum Gasteiger partial charge on any atom is 0.340 e. The summed E-state index contributed by atoms with van der Waals surface area (Å²) in [5, 5.41) is 2.72.